The topological polar surface area (TPSA) is 66.5 Å². The van der Waals surface area contributed by atoms with Crippen molar-refractivity contribution in [3.8, 4) is 0 Å². The van der Waals surface area contributed by atoms with E-state index in [0.717, 1.165) is 17.5 Å². The molecule has 1 N–H and O–H groups in total. The summed E-state index contributed by atoms with van der Waals surface area (Å²) in [5, 5.41) is 2.97. The van der Waals surface area contributed by atoms with Gasteiger partial charge in [0.25, 0.3) is 15.9 Å². The third kappa shape index (κ3) is 5.02. The Morgan fingerprint density at radius 2 is 1.35 bits per heavy atom. The number of hydrogen-bond acceptors (Lipinski definition) is 3. The van der Waals surface area contributed by atoms with Crippen LogP contribution >= 0.6 is 0 Å². The number of nitrogens with one attached hydrogen (secondary N) is 1. The van der Waals surface area contributed by atoms with Crippen LogP contribution in [0, 0.1) is 0 Å². The molecule has 0 aliphatic heterocycles. The number of sulfonamides is 1. The highest BCUT2D eigenvalue weighted by atomic mass is 32.2. The highest BCUT2D eigenvalue weighted by Crippen LogP contribution is 2.30. The Morgan fingerprint density at radius 1 is 0.765 bits per heavy atom. The van der Waals surface area contributed by atoms with E-state index in [2.05, 4.69) is 5.32 Å². The van der Waals surface area contributed by atoms with E-state index in [1.165, 1.54) is 4.31 Å². The summed E-state index contributed by atoms with van der Waals surface area (Å²) in [5.41, 5.74) is 3.13. The molecule has 5 nitrogen and oxygen atoms in total. The van der Waals surface area contributed by atoms with Crippen molar-refractivity contribution in [2.24, 2.45) is 0 Å². The lowest BCUT2D eigenvalue weighted by Gasteiger charge is -2.26. The van der Waals surface area contributed by atoms with Crippen LogP contribution in [0.15, 0.2) is 114 Å². The first-order chi connectivity index (χ1) is 16.5. The maximum absolute atomic E-state index is 13.8. The van der Waals surface area contributed by atoms with Gasteiger partial charge in [-0.25, -0.2) is 8.42 Å². The molecule has 0 atom stereocenters. The number of para-hydroxylation sites is 2. The number of rotatable bonds is 8. The van der Waals surface area contributed by atoms with Crippen LogP contribution in [0.2, 0.25) is 0 Å². The van der Waals surface area contributed by atoms with Gasteiger partial charge in [0, 0.05) is 5.69 Å². The molecule has 6 heteroatoms. The fourth-order valence-corrected chi connectivity index (χ4v) is 5.28. The average molecular weight is 471 g/mol. The van der Waals surface area contributed by atoms with Gasteiger partial charge in [0.2, 0.25) is 0 Å². The summed E-state index contributed by atoms with van der Waals surface area (Å²) >= 11 is 0. The summed E-state index contributed by atoms with van der Waals surface area (Å²) < 4.78 is 28.8. The van der Waals surface area contributed by atoms with E-state index >= 15 is 0 Å². The summed E-state index contributed by atoms with van der Waals surface area (Å²) in [7, 11) is -3.94. The lowest BCUT2D eigenvalue weighted by Crippen LogP contribution is -2.32. The van der Waals surface area contributed by atoms with Crippen LogP contribution in [0.3, 0.4) is 0 Å². The van der Waals surface area contributed by atoms with Gasteiger partial charge >= 0.3 is 0 Å². The molecule has 0 aliphatic carbocycles. The lowest BCUT2D eigenvalue weighted by atomic mass is 10.1. The number of nitrogens with zero attached hydrogens (tertiary/aromatic N) is 1. The molecule has 0 saturated carbocycles. The Hall–Kier alpha value is -3.90. The molecule has 0 fully saturated rings. The predicted molar refractivity (Wildman–Crippen MR) is 136 cm³/mol. The van der Waals surface area contributed by atoms with Crippen molar-refractivity contribution in [1.82, 2.24) is 0 Å². The number of anilines is 2. The van der Waals surface area contributed by atoms with Gasteiger partial charge in [-0.15, -0.1) is 0 Å². The van der Waals surface area contributed by atoms with E-state index < -0.39 is 10.0 Å². The van der Waals surface area contributed by atoms with E-state index in [4.69, 9.17) is 0 Å². The predicted octanol–water partition coefficient (Wildman–Crippen LogP) is 5.90. The van der Waals surface area contributed by atoms with Crippen molar-refractivity contribution < 1.29 is 13.2 Å². The number of carbonyl (C=O) groups excluding carboxylic acids is 1. The van der Waals surface area contributed by atoms with Gasteiger partial charge < -0.3 is 5.32 Å². The van der Waals surface area contributed by atoms with Crippen molar-refractivity contribution in [2.45, 2.75) is 24.8 Å². The van der Waals surface area contributed by atoms with Crippen LogP contribution in [0.4, 0.5) is 11.4 Å². The molecule has 1 amide bonds. The molecular formula is C28H26N2O3S. The molecule has 4 aromatic rings. The molecular weight excluding hydrogens is 444 g/mol. The van der Waals surface area contributed by atoms with E-state index in [1.54, 1.807) is 54.6 Å². The Morgan fingerprint density at radius 3 is 2.06 bits per heavy atom. The first-order valence-corrected chi connectivity index (χ1v) is 12.5. The molecule has 4 aromatic carbocycles. The Labute approximate surface area is 200 Å². The Bertz CT molecular complexity index is 1370. The standard InChI is InChI=1S/C28H26N2O3S/c1-2-23-15-9-11-19-26(23)29-28(31)25-18-10-12-20-27(25)30(21-22-13-5-3-6-14-22)34(32,33)24-16-7-4-8-17-24/h3-20H,2,21H2,1H3,(H,29,31). The second-order valence-electron chi connectivity index (χ2n) is 7.79. The van der Waals surface area contributed by atoms with Gasteiger partial charge in [0.05, 0.1) is 22.7 Å². The number of benzene rings is 4. The van der Waals surface area contributed by atoms with Crippen molar-refractivity contribution in [3.05, 3.63) is 126 Å². The van der Waals surface area contributed by atoms with Gasteiger partial charge in [-0.3, -0.25) is 9.10 Å². The molecule has 0 unspecified atom stereocenters. The molecule has 0 heterocycles. The summed E-state index contributed by atoms with van der Waals surface area (Å²) in [4.78, 5) is 13.6. The zero-order valence-electron chi connectivity index (χ0n) is 18.9. The largest absolute Gasteiger partial charge is 0.322 e. The smallest absolute Gasteiger partial charge is 0.264 e. The van der Waals surface area contributed by atoms with Crippen LogP contribution in [0.5, 0.6) is 0 Å². The minimum absolute atomic E-state index is 0.0912. The van der Waals surface area contributed by atoms with Gasteiger partial charge in [-0.2, -0.15) is 0 Å². The first-order valence-electron chi connectivity index (χ1n) is 11.1. The van der Waals surface area contributed by atoms with Gasteiger partial charge in [0.1, 0.15) is 0 Å². The molecule has 0 saturated heterocycles. The molecule has 34 heavy (non-hydrogen) atoms. The third-order valence-electron chi connectivity index (χ3n) is 5.56. The SMILES string of the molecule is CCc1ccccc1NC(=O)c1ccccc1N(Cc1ccccc1)S(=O)(=O)c1ccccc1. The average Bonchev–Trinajstić information content (AvgIpc) is 2.88. The monoisotopic (exact) mass is 470 g/mol. The summed E-state index contributed by atoms with van der Waals surface area (Å²) in [6.45, 7) is 2.11. The van der Waals surface area contributed by atoms with Gasteiger partial charge in [-0.1, -0.05) is 85.8 Å². The van der Waals surface area contributed by atoms with Crippen LogP contribution in [-0.4, -0.2) is 14.3 Å². The van der Waals surface area contributed by atoms with Crippen LogP contribution in [-0.2, 0) is 23.0 Å². The van der Waals surface area contributed by atoms with Crippen LogP contribution in [0.25, 0.3) is 0 Å². The molecule has 0 bridgehead atoms. The maximum atomic E-state index is 13.8. The van der Waals surface area contributed by atoms with E-state index in [0.29, 0.717) is 11.4 Å². The fourth-order valence-electron chi connectivity index (χ4n) is 3.79. The van der Waals surface area contributed by atoms with Crippen molar-refractivity contribution in [3.63, 3.8) is 0 Å². The number of amides is 1. The molecule has 4 rings (SSSR count). The van der Waals surface area contributed by atoms with Gasteiger partial charge in [-0.05, 0) is 47.9 Å². The first kappa shape index (κ1) is 23.3. The van der Waals surface area contributed by atoms with Crippen molar-refractivity contribution in [1.29, 1.82) is 0 Å². The van der Waals surface area contributed by atoms with Crippen molar-refractivity contribution in [2.75, 3.05) is 9.62 Å². The van der Waals surface area contributed by atoms with Crippen molar-refractivity contribution >= 4 is 27.3 Å². The zero-order chi connectivity index (χ0) is 24.0. The zero-order valence-corrected chi connectivity index (χ0v) is 19.7. The highest BCUT2D eigenvalue weighted by Gasteiger charge is 2.28. The molecule has 0 aliphatic rings. The maximum Gasteiger partial charge on any atom is 0.264 e. The third-order valence-corrected chi connectivity index (χ3v) is 7.34. The summed E-state index contributed by atoms with van der Waals surface area (Å²) in [6.07, 6.45) is 0.765. The normalized spacial score (nSPS) is 11.1. The van der Waals surface area contributed by atoms with Crippen LogP contribution < -0.4 is 9.62 Å². The quantitative estimate of drug-likeness (QED) is 0.349. The number of aryl methyl sites for hydroxylation is 1. The van der Waals surface area contributed by atoms with Gasteiger partial charge in [0.15, 0.2) is 0 Å². The summed E-state index contributed by atoms with van der Waals surface area (Å²) in [5.74, 6) is -0.363. The summed E-state index contributed by atoms with van der Waals surface area (Å²) in [6, 6.07) is 32.0. The number of carbonyl (C=O) groups is 1. The molecule has 0 aromatic heterocycles. The molecule has 172 valence electrons. The molecule has 0 spiro atoms. The number of hydrogen-bond donors (Lipinski definition) is 1. The lowest BCUT2D eigenvalue weighted by molar-refractivity contribution is 0.102. The van der Waals surface area contributed by atoms with Crippen LogP contribution in [0.1, 0.15) is 28.4 Å². The minimum Gasteiger partial charge on any atom is -0.322 e. The van der Waals surface area contributed by atoms with E-state index in [9.17, 15) is 13.2 Å². The molecule has 0 radical (unpaired) electrons. The second-order valence-corrected chi connectivity index (χ2v) is 9.65. The Kier molecular flexibility index (Phi) is 7.09. The van der Waals surface area contributed by atoms with E-state index in [1.807, 2.05) is 61.5 Å². The highest BCUT2D eigenvalue weighted by molar-refractivity contribution is 7.92. The Balaban J connectivity index is 1.79. The van der Waals surface area contributed by atoms with E-state index in [-0.39, 0.29) is 22.9 Å². The fraction of sp³-hybridized carbons (Fsp3) is 0.107. The minimum atomic E-state index is -3.94. The second kappa shape index (κ2) is 10.4.